The van der Waals surface area contributed by atoms with Gasteiger partial charge in [0.25, 0.3) is 0 Å². The first-order valence-electron chi connectivity index (χ1n) is 5.10. The van der Waals surface area contributed by atoms with E-state index < -0.39 is 0 Å². The lowest BCUT2D eigenvalue weighted by Crippen LogP contribution is -2.11. The summed E-state index contributed by atoms with van der Waals surface area (Å²) in [6.45, 7) is 5.31. The molecule has 0 radical (unpaired) electrons. The fourth-order valence-corrected chi connectivity index (χ4v) is 2.05. The van der Waals surface area contributed by atoms with E-state index >= 15 is 0 Å². The van der Waals surface area contributed by atoms with Crippen LogP contribution in [0.5, 0.6) is 0 Å². The van der Waals surface area contributed by atoms with E-state index in [2.05, 4.69) is 54.0 Å². The fourth-order valence-electron chi connectivity index (χ4n) is 1.63. The summed E-state index contributed by atoms with van der Waals surface area (Å²) in [5, 5.41) is 0. The van der Waals surface area contributed by atoms with Crippen molar-refractivity contribution in [3.8, 4) is 0 Å². The molecule has 2 heteroatoms. The van der Waals surface area contributed by atoms with Gasteiger partial charge >= 0.3 is 0 Å². The molecule has 0 saturated carbocycles. The normalized spacial score (nSPS) is 15.1. The molecule has 2 unspecified atom stereocenters. The molecule has 0 bridgehead atoms. The Kier molecular flexibility index (Phi) is 4.63. The van der Waals surface area contributed by atoms with Crippen LogP contribution in [0.25, 0.3) is 0 Å². The molecule has 0 spiro atoms. The number of halogens is 1. The van der Waals surface area contributed by atoms with E-state index in [1.807, 2.05) is 0 Å². The summed E-state index contributed by atoms with van der Waals surface area (Å²) in [6.07, 6.45) is 1.09. The van der Waals surface area contributed by atoms with Crippen molar-refractivity contribution in [2.45, 2.75) is 26.2 Å². The molecule has 78 valence electrons. The zero-order valence-corrected chi connectivity index (χ0v) is 10.4. The van der Waals surface area contributed by atoms with E-state index in [0.717, 1.165) is 17.4 Å². The van der Waals surface area contributed by atoms with Crippen molar-refractivity contribution in [3.05, 3.63) is 34.3 Å². The summed E-state index contributed by atoms with van der Waals surface area (Å²) in [4.78, 5) is 0. The van der Waals surface area contributed by atoms with Crippen molar-refractivity contribution in [3.63, 3.8) is 0 Å². The van der Waals surface area contributed by atoms with Crippen LogP contribution in [0.15, 0.2) is 28.7 Å². The molecule has 0 aromatic heterocycles. The molecule has 0 saturated heterocycles. The molecule has 2 atom stereocenters. The quantitative estimate of drug-likeness (QED) is 0.876. The zero-order chi connectivity index (χ0) is 10.6. The molecule has 0 aliphatic carbocycles. The largest absolute Gasteiger partial charge is 0.330 e. The third-order valence-corrected chi connectivity index (χ3v) is 3.34. The third-order valence-electron chi connectivity index (χ3n) is 2.85. The highest BCUT2D eigenvalue weighted by Crippen LogP contribution is 2.27. The van der Waals surface area contributed by atoms with Crippen LogP contribution >= 0.6 is 15.9 Å². The molecular weight excluding hydrogens is 238 g/mol. The van der Waals surface area contributed by atoms with Crippen LogP contribution in [0.4, 0.5) is 0 Å². The van der Waals surface area contributed by atoms with Gasteiger partial charge in [0.15, 0.2) is 0 Å². The Morgan fingerprint density at radius 3 is 2.64 bits per heavy atom. The van der Waals surface area contributed by atoms with Crippen molar-refractivity contribution in [1.29, 1.82) is 0 Å². The highest BCUT2D eigenvalue weighted by molar-refractivity contribution is 9.10. The molecule has 0 aliphatic rings. The Labute approximate surface area is 94.8 Å². The fraction of sp³-hybridized carbons (Fsp3) is 0.500. The van der Waals surface area contributed by atoms with Crippen molar-refractivity contribution in [2.24, 2.45) is 11.7 Å². The molecule has 1 rings (SSSR count). The van der Waals surface area contributed by atoms with Crippen LogP contribution in [0.1, 0.15) is 31.7 Å². The molecule has 0 heterocycles. The zero-order valence-electron chi connectivity index (χ0n) is 8.83. The maximum Gasteiger partial charge on any atom is 0.0178 e. The van der Waals surface area contributed by atoms with Crippen molar-refractivity contribution < 1.29 is 0 Å². The van der Waals surface area contributed by atoms with Gasteiger partial charge in [-0.05, 0) is 42.5 Å². The van der Waals surface area contributed by atoms with Gasteiger partial charge < -0.3 is 5.73 Å². The summed E-state index contributed by atoms with van der Waals surface area (Å²) < 4.78 is 1.15. The Hall–Kier alpha value is -0.340. The first-order chi connectivity index (χ1) is 6.65. The van der Waals surface area contributed by atoms with E-state index in [1.54, 1.807) is 0 Å². The summed E-state index contributed by atoms with van der Waals surface area (Å²) in [5.74, 6) is 1.23. The highest BCUT2D eigenvalue weighted by atomic mass is 79.9. The highest BCUT2D eigenvalue weighted by Gasteiger charge is 2.13. The number of rotatable bonds is 4. The summed E-state index contributed by atoms with van der Waals surface area (Å²) >= 11 is 3.49. The van der Waals surface area contributed by atoms with E-state index in [1.165, 1.54) is 5.56 Å². The molecule has 14 heavy (non-hydrogen) atoms. The lowest BCUT2D eigenvalue weighted by Gasteiger charge is -2.19. The van der Waals surface area contributed by atoms with Gasteiger partial charge in [-0.3, -0.25) is 0 Å². The van der Waals surface area contributed by atoms with Gasteiger partial charge in [-0.1, -0.05) is 41.9 Å². The Bertz CT molecular complexity index is 285. The molecule has 2 N–H and O–H groups in total. The molecule has 1 aromatic rings. The van der Waals surface area contributed by atoms with Gasteiger partial charge in [0.2, 0.25) is 0 Å². The number of benzene rings is 1. The van der Waals surface area contributed by atoms with Crippen LogP contribution in [0.3, 0.4) is 0 Å². The lowest BCUT2D eigenvalue weighted by molar-refractivity contribution is 0.459. The summed E-state index contributed by atoms with van der Waals surface area (Å²) in [7, 11) is 0. The monoisotopic (exact) mass is 255 g/mol. The Balaban J connectivity index is 2.73. The van der Waals surface area contributed by atoms with Crippen LogP contribution < -0.4 is 5.73 Å². The van der Waals surface area contributed by atoms with Crippen LogP contribution in [-0.4, -0.2) is 6.54 Å². The van der Waals surface area contributed by atoms with Gasteiger partial charge in [-0.15, -0.1) is 0 Å². The Morgan fingerprint density at radius 2 is 2.07 bits per heavy atom. The first-order valence-corrected chi connectivity index (χ1v) is 5.90. The third kappa shape index (κ3) is 3.10. The smallest absolute Gasteiger partial charge is 0.0178 e. The molecule has 0 aliphatic heterocycles. The molecular formula is C12H18BrN. The minimum Gasteiger partial charge on any atom is -0.330 e. The van der Waals surface area contributed by atoms with Gasteiger partial charge in [0, 0.05) is 4.47 Å². The minimum atomic E-state index is 0.580. The maximum absolute atomic E-state index is 5.57. The van der Waals surface area contributed by atoms with Crippen molar-refractivity contribution in [1.82, 2.24) is 0 Å². The average molecular weight is 256 g/mol. The van der Waals surface area contributed by atoms with Crippen LogP contribution in [-0.2, 0) is 0 Å². The standard InChI is InChI=1S/C12H18BrN/c1-9(6-7-14)10(2)11-4-3-5-12(13)8-11/h3-5,8-10H,6-7,14H2,1-2H3. The van der Waals surface area contributed by atoms with Gasteiger partial charge in [-0.25, -0.2) is 0 Å². The summed E-state index contributed by atoms with van der Waals surface area (Å²) in [6, 6.07) is 8.52. The number of nitrogens with two attached hydrogens (primary N) is 1. The van der Waals surface area contributed by atoms with Gasteiger partial charge in [-0.2, -0.15) is 0 Å². The first kappa shape index (κ1) is 11.7. The predicted molar refractivity (Wildman–Crippen MR) is 65.4 cm³/mol. The average Bonchev–Trinajstić information content (AvgIpc) is 2.17. The van der Waals surface area contributed by atoms with E-state index in [0.29, 0.717) is 11.8 Å². The predicted octanol–water partition coefficient (Wildman–Crippen LogP) is 3.54. The topological polar surface area (TPSA) is 26.0 Å². The maximum atomic E-state index is 5.57. The van der Waals surface area contributed by atoms with E-state index in [-0.39, 0.29) is 0 Å². The second kappa shape index (κ2) is 5.52. The van der Waals surface area contributed by atoms with Crippen molar-refractivity contribution in [2.75, 3.05) is 6.54 Å². The lowest BCUT2D eigenvalue weighted by atomic mass is 9.87. The van der Waals surface area contributed by atoms with Gasteiger partial charge in [0.1, 0.15) is 0 Å². The van der Waals surface area contributed by atoms with Crippen molar-refractivity contribution >= 4 is 15.9 Å². The minimum absolute atomic E-state index is 0.580. The van der Waals surface area contributed by atoms with E-state index in [9.17, 15) is 0 Å². The number of hydrogen-bond acceptors (Lipinski definition) is 1. The van der Waals surface area contributed by atoms with E-state index in [4.69, 9.17) is 5.73 Å². The second-order valence-electron chi connectivity index (χ2n) is 3.90. The Morgan fingerprint density at radius 1 is 1.36 bits per heavy atom. The molecule has 1 nitrogen and oxygen atoms in total. The second-order valence-corrected chi connectivity index (χ2v) is 4.81. The molecule has 0 fully saturated rings. The SMILES string of the molecule is CC(CCN)C(C)c1cccc(Br)c1. The molecule has 0 amide bonds. The van der Waals surface area contributed by atoms with Crippen LogP contribution in [0, 0.1) is 5.92 Å². The number of hydrogen-bond donors (Lipinski definition) is 1. The van der Waals surface area contributed by atoms with Crippen LogP contribution in [0.2, 0.25) is 0 Å². The van der Waals surface area contributed by atoms with Gasteiger partial charge in [0.05, 0.1) is 0 Å². The molecule has 1 aromatic carbocycles. The summed E-state index contributed by atoms with van der Waals surface area (Å²) in [5.41, 5.74) is 6.96.